The summed E-state index contributed by atoms with van der Waals surface area (Å²) in [5.41, 5.74) is 1.26. The monoisotopic (exact) mass is 376 g/mol. The Morgan fingerprint density at radius 1 is 1.11 bits per heavy atom. The van der Waals surface area contributed by atoms with E-state index in [1.807, 2.05) is 0 Å². The highest BCUT2D eigenvalue weighted by molar-refractivity contribution is 9.10. The molecule has 0 radical (unpaired) electrons. The minimum atomic E-state index is -0.507. The zero-order chi connectivity index (χ0) is 13.3. The van der Waals surface area contributed by atoms with Crippen molar-refractivity contribution in [3.8, 4) is 0 Å². The van der Waals surface area contributed by atoms with Crippen LogP contribution in [-0.2, 0) is 0 Å². The molecule has 6 heteroatoms. The van der Waals surface area contributed by atoms with Gasteiger partial charge in [-0.05, 0) is 62.5 Å². The molecule has 0 saturated heterocycles. The fourth-order valence-corrected chi connectivity index (χ4v) is 2.18. The van der Waals surface area contributed by atoms with Crippen LogP contribution >= 0.6 is 31.9 Å². The highest BCUT2D eigenvalue weighted by Crippen LogP contribution is 2.27. The van der Waals surface area contributed by atoms with Crippen molar-refractivity contribution >= 4 is 43.4 Å². The van der Waals surface area contributed by atoms with E-state index in [2.05, 4.69) is 42.2 Å². The number of aryl methyl sites for hydroxylation is 1. The summed E-state index contributed by atoms with van der Waals surface area (Å²) in [4.78, 5) is 3.90. The van der Waals surface area contributed by atoms with Gasteiger partial charge in [0.05, 0.1) is 4.47 Å². The fourth-order valence-electron chi connectivity index (χ4n) is 1.42. The van der Waals surface area contributed by atoms with Crippen LogP contribution in [0.5, 0.6) is 0 Å². The molecule has 1 aromatic heterocycles. The number of anilines is 2. The maximum Gasteiger partial charge on any atom is 0.166 e. The fraction of sp³-hybridized carbons (Fsp3) is 0.0833. The lowest BCUT2D eigenvalue weighted by atomic mass is 10.2. The zero-order valence-electron chi connectivity index (χ0n) is 9.27. The van der Waals surface area contributed by atoms with E-state index in [0.717, 1.165) is 5.56 Å². The second-order valence-corrected chi connectivity index (χ2v) is 5.46. The third kappa shape index (κ3) is 2.87. The first-order chi connectivity index (χ1) is 8.47. The summed E-state index contributed by atoms with van der Waals surface area (Å²) >= 11 is 6.21. The molecule has 0 aliphatic heterocycles. The molecule has 0 atom stereocenters. The summed E-state index contributed by atoms with van der Waals surface area (Å²) in [6, 6.07) is 4.21. The van der Waals surface area contributed by atoms with Crippen LogP contribution in [0, 0.1) is 18.6 Å². The average Bonchev–Trinajstić information content (AvgIpc) is 2.29. The van der Waals surface area contributed by atoms with Crippen molar-refractivity contribution in [3.05, 3.63) is 50.5 Å². The Morgan fingerprint density at radius 3 is 2.50 bits per heavy atom. The first kappa shape index (κ1) is 13.4. The van der Waals surface area contributed by atoms with Gasteiger partial charge >= 0.3 is 0 Å². The predicted octanol–water partition coefficient (Wildman–Crippen LogP) is 4.94. The molecule has 2 rings (SSSR count). The Morgan fingerprint density at radius 2 is 1.83 bits per heavy atom. The lowest BCUT2D eigenvalue weighted by molar-refractivity contribution is 0.619. The van der Waals surface area contributed by atoms with Gasteiger partial charge in [0.15, 0.2) is 11.6 Å². The smallest absolute Gasteiger partial charge is 0.166 e. The van der Waals surface area contributed by atoms with Crippen LogP contribution < -0.4 is 5.32 Å². The number of aromatic nitrogens is 1. The van der Waals surface area contributed by atoms with Crippen molar-refractivity contribution in [2.45, 2.75) is 6.92 Å². The van der Waals surface area contributed by atoms with Gasteiger partial charge in [0.1, 0.15) is 5.82 Å². The third-order valence-corrected chi connectivity index (χ3v) is 3.37. The molecule has 1 heterocycles. The van der Waals surface area contributed by atoms with Gasteiger partial charge in [0.25, 0.3) is 0 Å². The molecule has 0 saturated carbocycles. The number of hydrogen-bond acceptors (Lipinski definition) is 2. The van der Waals surface area contributed by atoms with Gasteiger partial charge in [0.2, 0.25) is 0 Å². The molecule has 2 nitrogen and oxygen atoms in total. The number of pyridine rings is 1. The van der Waals surface area contributed by atoms with Gasteiger partial charge in [-0.15, -0.1) is 0 Å². The second kappa shape index (κ2) is 5.32. The van der Waals surface area contributed by atoms with E-state index in [1.54, 1.807) is 13.0 Å². The Bertz CT molecular complexity index is 603. The first-order valence-corrected chi connectivity index (χ1v) is 6.59. The van der Waals surface area contributed by atoms with E-state index < -0.39 is 11.6 Å². The van der Waals surface area contributed by atoms with E-state index in [-0.39, 0.29) is 5.82 Å². The molecular formula is C12H8Br2F2N2. The Labute approximate surface area is 120 Å². The third-order valence-electron chi connectivity index (χ3n) is 2.33. The summed E-state index contributed by atoms with van der Waals surface area (Å²) in [7, 11) is 0. The minimum absolute atomic E-state index is 0.0584. The molecule has 1 N–H and O–H groups in total. The van der Waals surface area contributed by atoms with Crippen molar-refractivity contribution in [1.82, 2.24) is 4.98 Å². The standard InChI is InChI=1S/C12H8Br2F2N2/c1-6-2-8(14)9(15)4-11(6)18-12-10(16)3-7(13)5-17-12/h2-5H,1H3,(H,17,18). The molecule has 1 aromatic carbocycles. The van der Waals surface area contributed by atoms with E-state index in [4.69, 9.17) is 0 Å². The number of hydrogen-bond donors (Lipinski definition) is 1. The lowest BCUT2D eigenvalue weighted by Gasteiger charge is -2.10. The highest BCUT2D eigenvalue weighted by atomic mass is 79.9. The highest BCUT2D eigenvalue weighted by Gasteiger charge is 2.09. The predicted molar refractivity (Wildman–Crippen MR) is 74.0 cm³/mol. The average molecular weight is 378 g/mol. The molecule has 0 unspecified atom stereocenters. The van der Waals surface area contributed by atoms with E-state index in [9.17, 15) is 8.78 Å². The summed E-state index contributed by atoms with van der Waals surface area (Å²) in [6.45, 7) is 1.79. The van der Waals surface area contributed by atoms with Crippen LogP contribution in [0.2, 0.25) is 0 Å². The summed E-state index contributed by atoms with van der Waals surface area (Å²) < 4.78 is 27.9. The molecule has 0 aliphatic carbocycles. The summed E-state index contributed by atoms with van der Waals surface area (Å²) in [5.74, 6) is -0.865. The molecule has 0 spiro atoms. The molecule has 2 aromatic rings. The largest absolute Gasteiger partial charge is 0.337 e. The van der Waals surface area contributed by atoms with E-state index in [0.29, 0.717) is 14.6 Å². The van der Waals surface area contributed by atoms with Gasteiger partial charge in [0, 0.05) is 16.4 Å². The Hall–Kier alpha value is -1.01. The maximum atomic E-state index is 13.6. The summed E-state index contributed by atoms with van der Waals surface area (Å²) in [5, 5.41) is 2.77. The van der Waals surface area contributed by atoms with Gasteiger partial charge in [-0.1, -0.05) is 0 Å². The normalized spacial score (nSPS) is 10.5. The van der Waals surface area contributed by atoms with Gasteiger partial charge < -0.3 is 5.32 Å². The SMILES string of the molecule is Cc1cc(Br)c(F)cc1Nc1ncc(Br)cc1F. The van der Waals surface area contributed by atoms with Gasteiger partial charge in [-0.25, -0.2) is 13.8 Å². The molecule has 0 bridgehead atoms. The quantitative estimate of drug-likeness (QED) is 0.801. The number of benzene rings is 1. The molecule has 0 fully saturated rings. The molecule has 18 heavy (non-hydrogen) atoms. The maximum absolute atomic E-state index is 13.6. The van der Waals surface area contributed by atoms with Crippen LogP contribution in [0.15, 0.2) is 33.3 Å². The second-order valence-electron chi connectivity index (χ2n) is 3.69. The van der Waals surface area contributed by atoms with Crippen LogP contribution in [0.1, 0.15) is 5.56 Å². The van der Waals surface area contributed by atoms with Gasteiger partial charge in [-0.3, -0.25) is 0 Å². The Kier molecular flexibility index (Phi) is 3.97. The van der Waals surface area contributed by atoms with E-state index >= 15 is 0 Å². The van der Waals surface area contributed by atoms with Crippen molar-refractivity contribution in [3.63, 3.8) is 0 Å². The molecule has 94 valence electrons. The van der Waals surface area contributed by atoms with E-state index in [1.165, 1.54) is 18.3 Å². The Balaban J connectivity index is 2.37. The molecule has 0 aliphatic rings. The van der Waals surface area contributed by atoms with Crippen molar-refractivity contribution in [1.29, 1.82) is 0 Å². The van der Waals surface area contributed by atoms with Crippen LogP contribution in [-0.4, -0.2) is 4.98 Å². The lowest BCUT2D eigenvalue weighted by Crippen LogP contribution is -1.99. The van der Waals surface area contributed by atoms with Crippen molar-refractivity contribution < 1.29 is 8.78 Å². The number of nitrogens with one attached hydrogen (secondary N) is 1. The van der Waals surface area contributed by atoms with Crippen LogP contribution in [0.25, 0.3) is 0 Å². The number of rotatable bonds is 2. The van der Waals surface area contributed by atoms with Crippen LogP contribution in [0.4, 0.5) is 20.3 Å². The van der Waals surface area contributed by atoms with Crippen LogP contribution in [0.3, 0.4) is 0 Å². The molecular weight excluding hydrogens is 370 g/mol. The summed E-state index contributed by atoms with van der Waals surface area (Å²) in [6.07, 6.45) is 1.47. The van der Waals surface area contributed by atoms with Crippen molar-refractivity contribution in [2.24, 2.45) is 0 Å². The van der Waals surface area contributed by atoms with Gasteiger partial charge in [-0.2, -0.15) is 0 Å². The zero-order valence-corrected chi connectivity index (χ0v) is 12.4. The van der Waals surface area contributed by atoms with Crippen molar-refractivity contribution in [2.75, 3.05) is 5.32 Å². The number of halogens is 4. The number of nitrogens with zero attached hydrogens (tertiary/aromatic N) is 1. The topological polar surface area (TPSA) is 24.9 Å². The minimum Gasteiger partial charge on any atom is -0.337 e. The molecule has 0 amide bonds. The first-order valence-electron chi connectivity index (χ1n) is 5.01.